The molecule has 0 aliphatic rings. The quantitative estimate of drug-likeness (QED) is 0.878. The fourth-order valence-corrected chi connectivity index (χ4v) is 3.23. The maximum Gasteiger partial charge on any atom is 0.244 e. The van der Waals surface area contributed by atoms with Crippen LogP contribution in [0.25, 0.3) is 0 Å². The van der Waals surface area contributed by atoms with Crippen LogP contribution < -0.4 is 10.5 Å². The lowest BCUT2D eigenvalue weighted by Crippen LogP contribution is -2.26. The maximum atomic E-state index is 12.0. The predicted octanol–water partition coefficient (Wildman–Crippen LogP) is 1.16. The molecule has 0 saturated carbocycles. The predicted molar refractivity (Wildman–Crippen MR) is 69.5 cm³/mol. The molecule has 0 fully saturated rings. The summed E-state index contributed by atoms with van der Waals surface area (Å²) >= 11 is 1.52. The van der Waals surface area contributed by atoms with Crippen LogP contribution in [0.2, 0.25) is 0 Å². The van der Waals surface area contributed by atoms with Gasteiger partial charge in [-0.3, -0.25) is 0 Å². The van der Waals surface area contributed by atoms with E-state index in [1.54, 1.807) is 6.92 Å². The number of aromatic nitrogens is 2. The Bertz CT molecular complexity index is 608. The molecular formula is C10H12N4O2S2. The first-order valence-electron chi connectivity index (χ1n) is 5.11. The van der Waals surface area contributed by atoms with Gasteiger partial charge in [-0.25, -0.2) is 23.1 Å². The van der Waals surface area contributed by atoms with Crippen LogP contribution >= 0.6 is 11.3 Å². The van der Waals surface area contributed by atoms with Crippen molar-refractivity contribution < 1.29 is 8.42 Å². The molecule has 0 amide bonds. The normalized spacial score (nSPS) is 13.4. The zero-order chi connectivity index (χ0) is 13.2. The first-order valence-corrected chi connectivity index (χ1v) is 7.53. The van der Waals surface area contributed by atoms with Crippen LogP contribution in [0, 0.1) is 0 Å². The topological polar surface area (TPSA) is 98.0 Å². The number of nitrogens with one attached hydrogen (secondary N) is 1. The zero-order valence-electron chi connectivity index (χ0n) is 9.57. The van der Waals surface area contributed by atoms with Crippen molar-refractivity contribution in [3.63, 3.8) is 0 Å². The zero-order valence-corrected chi connectivity index (χ0v) is 11.2. The average molecular weight is 284 g/mol. The Balaban J connectivity index is 2.20. The van der Waals surface area contributed by atoms with Crippen LogP contribution in [-0.4, -0.2) is 18.4 Å². The van der Waals surface area contributed by atoms with Crippen molar-refractivity contribution in [1.29, 1.82) is 0 Å². The van der Waals surface area contributed by atoms with Crippen molar-refractivity contribution in [1.82, 2.24) is 14.7 Å². The van der Waals surface area contributed by atoms with Gasteiger partial charge in [-0.05, 0) is 29.3 Å². The van der Waals surface area contributed by atoms with Gasteiger partial charge in [0, 0.05) is 6.04 Å². The second-order valence-corrected chi connectivity index (χ2v) is 6.17. The third-order valence-electron chi connectivity index (χ3n) is 2.33. The van der Waals surface area contributed by atoms with Crippen LogP contribution in [-0.2, 0) is 10.0 Å². The molecule has 0 aliphatic carbocycles. The third kappa shape index (κ3) is 2.84. The minimum absolute atomic E-state index is 0.00113. The summed E-state index contributed by atoms with van der Waals surface area (Å²) in [6, 6.07) is 1.57. The number of thiophene rings is 1. The van der Waals surface area contributed by atoms with Crippen LogP contribution in [0.15, 0.2) is 34.1 Å². The molecule has 2 aromatic rings. The highest BCUT2D eigenvalue weighted by Crippen LogP contribution is 2.18. The minimum Gasteiger partial charge on any atom is -0.368 e. The van der Waals surface area contributed by atoms with Gasteiger partial charge in [0.2, 0.25) is 16.0 Å². The van der Waals surface area contributed by atoms with Gasteiger partial charge in [-0.15, -0.1) is 0 Å². The first-order chi connectivity index (χ1) is 8.49. The Morgan fingerprint density at radius 2 is 2.06 bits per heavy atom. The first kappa shape index (κ1) is 12.9. The lowest BCUT2D eigenvalue weighted by Gasteiger charge is -2.12. The number of hydrogen-bond donors (Lipinski definition) is 2. The lowest BCUT2D eigenvalue weighted by molar-refractivity contribution is 0.566. The van der Waals surface area contributed by atoms with Crippen molar-refractivity contribution in [2.24, 2.45) is 0 Å². The monoisotopic (exact) mass is 284 g/mol. The Morgan fingerprint density at radius 1 is 1.39 bits per heavy atom. The van der Waals surface area contributed by atoms with E-state index in [0.717, 1.165) is 5.56 Å². The van der Waals surface area contributed by atoms with E-state index < -0.39 is 10.0 Å². The lowest BCUT2D eigenvalue weighted by atomic mass is 10.2. The summed E-state index contributed by atoms with van der Waals surface area (Å²) in [5.74, 6) is 0.0415. The third-order valence-corrected chi connectivity index (χ3v) is 4.53. The second-order valence-electron chi connectivity index (χ2n) is 3.68. The summed E-state index contributed by atoms with van der Waals surface area (Å²) in [5.41, 5.74) is 6.23. The van der Waals surface area contributed by atoms with Gasteiger partial charge in [0.05, 0.1) is 12.4 Å². The largest absolute Gasteiger partial charge is 0.368 e. The highest BCUT2D eigenvalue weighted by molar-refractivity contribution is 7.89. The molecular weight excluding hydrogens is 272 g/mol. The van der Waals surface area contributed by atoms with Gasteiger partial charge in [0.25, 0.3) is 0 Å². The van der Waals surface area contributed by atoms with E-state index in [0.29, 0.717) is 0 Å². The molecule has 96 valence electrons. The molecule has 2 rings (SSSR count). The molecule has 6 nitrogen and oxygen atoms in total. The summed E-state index contributed by atoms with van der Waals surface area (Å²) in [4.78, 5) is 7.33. The van der Waals surface area contributed by atoms with E-state index in [2.05, 4.69) is 14.7 Å². The second kappa shape index (κ2) is 5.01. The highest BCUT2D eigenvalue weighted by Gasteiger charge is 2.19. The van der Waals surface area contributed by atoms with Crippen molar-refractivity contribution in [2.45, 2.75) is 17.9 Å². The van der Waals surface area contributed by atoms with Crippen molar-refractivity contribution >= 4 is 27.3 Å². The van der Waals surface area contributed by atoms with Gasteiger partial charge in [-0.2, -0.15) is 11.3 Å². The average Bonchev–Trinajstić information content (AvgIpc) is 2.82. The molecule has 8 heteroatoms. The van der Waals surface area contributed by atoms with Crippen LogP contribution in [0.5, 0.6) is 0 Å². The van der Waals surface area contributed by atoms with Crippen molar-refractivity contribution in [3.8, 4) is 0 Å². The highest BCUT2D eigenvalue weighted by atomic mass is 32.2. The van der Waals surface area contributed by atoms with Gasteiger partial charge in [0.1, 0.15) is 4.90 Å². The van der Waals surface area contributed by atoms with Gasteiger partial charge < -0.3 is 5.73 Å². The Hall–Kier alpha value is -1.51. The smallest absolute Gasteiger partial charge is 0.244 e. The number of anilines is 1. The molecule has 1 unspecified atom stereocenters. The standard InChI is InChI=1S/C10H12N4O2S2/c1-7(8-2-3-17-6-8)14-18(15,16)9-4-12-10(11)13-5-9/h2-7,14H,1H3,(H2,11,12,13). The summed E-state index contributed by atoms with van der Waals surface area (Å²) in [5, 5.41) is 3.79. The number of sulfonamides is 1. The molecule has 0 radical (unpaired) electrons. The minimum atomic E-state index is -3.63. The number of nitrogens with zero attached hydrogens (tertiary/aromatic N) is 2. The van der Waals surface area contributed by atoms with E-state index in [1.807, 2.05) is 16.8 Å². The van der Waals surface area contributed by atoms with Gasteiger partial charge in [-0.1, -0.05) is 0 Å². The van der Waals surface area contributed by atoms with Crippen molar-refractivity contribution in [2.75, 3.05) is 5.73 Å². The van der Waals surface area contributed by atoms with Gasteiger partial charge >= 0.3 is 0 Å². The van der Waals surface area contributed by atoms with Crippen LogP contribution in [0.3, 0.4) is 0 Å². The van der Waals surface area contributed by atoms with Crippen LogP contribution in [0.1, 0.15) is 18.5 Å². The fraction of sp³-hybridized carbons (Fsp3) is 0.200. The van der Waals surface area contributed by atoms with E-state index in [1.165, 1.54) is 23.7 Å². The molecule has 18 heavy (non-hydrogen) atoms. The molecule has 0 aliphatic heterocycles. The summed E-state index contributed by atoms with van der Waals surface area (Å²) < 4.78 is 26.6. The van der Waals surface area contributed by atoms with E-state index in [4.69, 9.17) is 5.73 Å². The van der Waals surface area contributed by atoms with Gasteiger partial charge in [0.15, 0.2) is 0 Å². The molecule has 0 bridgehead atoms. The molecule has 0 spiro atoms. The molecule has 2 heterocycles. The maximum absolute atomic E-state index is 12.0. The molecule has 1 atom stereocenters. The van der Waals surface area contributed by atoms with E-state index in [-0.39, 0.29) is 16.9 Å². The summed E-state index contributed by atoms with van der Waals surface area (Å²) in [6.07, 6.45) is 2.37. The summed E-state index contributed by atoms with van der Waals surface area (Å²) in [6.45, 7) is 1.78. The number of rotatable bonds is 4. The number of hydrogen-bond acceptors (Lipinski definition) is 6. The molecule has 3 N–H and O–H groups in total. The Morgan fingerprint density at radius 3 is 2.61 bits per heavy atom. The van der Waals surface area contributed by atoms with Crippen LogP contribution in [0.4, 0.5) is 5.95 Å². The molecule has 0 saturated heterocycles. The number of nitrogen functional groups attached to an aromatic ring is 1. The number of nitrogens with two attached hydrogens (primary N) is 1. The Labute approximate surface area is 109 Å². The Kier molecular flexibility index (Phi) is 3.60. The van der Waals surface area contributed by atoms with E-state index >= 15 is 0 Å². The fourth-order valence-electron chi connectivity index (χ4n) is 1.36. The van der Waals surface area contributed by atoms with Crippen molar-refractivity contribution in [3.05, 3.63) is 34.8 Å². The molecule has 0 aromatic carbocycles. The molecule has 2 aromatic heterocycles. The SMILES string of the molecule is CC(NS(=O)(=O)c1cnc(N)nc1)c1ccsc1. The van der Waals surface area contributed by atoms with E-state index in [9.17, 15) is 8.42 Å². The summed E-state index contributed by atoms with van der Waals surface area (Å²) in [7, 11) is -3.63.